The molecule has 0 aliphatic carbocycles. The zero-order valence-corrected chi connectivity index (χ0v) is 25.2. The van der Waals surface area contributed by atoms with Crippen LogP contribution in [0.25, 0.3) is 10.9 Å². The highest BCUT2D eigenvalue weighted by molar-refractivity contribution is 7.99. The number of benzene rings is 3. The number of anilines is 1. The lowest BCUT2D eigenvalue weighted by molar-refractivity contribution is 0.0808. The third kappa shape index (κ3) is 7.06. The number of sulfonamides is 1. The molecule has 0 spiro atoms. The molecule has 0 fully saturated rings. The molecule has 4 aromatic rings. The first-order valence-corrected chi connectivity index (χ1v) is 19.9. The fourth-order valence-electron chi connectivity index (χ4n) is 3.71. The molecule has 0 amide bonds. The molecule has 0 aliphatic rings. The molecule has 202 valence electrons. The summed E-state index contributed by atoms with van der Waals surface area (Å²) in [6, 6.07) is 21.5. The van der Waals surface area contributed by atoms with Gasteiger partial charge in [-0.3, -0.25) is 4.72 Å². The Balaban J connectivity index is 1.68. The highest BCUT2D eigenvalue weighted by atomic mass is 32.2. The lowest BCUT2D eigenvalue weighted by Gasteiger charge is -2.15. The van der Waals surface area contributed by atoms with Gasteiger partial charge in [0, 0.05) is 36.9 Å². The molecule has 12 heteroatoms. The maximum atomic E-state index is 13.2. The Morgan fingerprint density at radius 3 is 2.24 bits per heavy atom. The van der Waals surface area contributed by atoms with Crippen molar-refractivity contribution in [3.05, 3.63) is 72.8 Å². The second-order valence-electron chi connectivity index (χ2n) is 10.1. The first kappa shape index (κ1) is 28.4. The van der Waals surface area contributed by atoms with E-state index in [4.69, 9.17) is 9.84 Å². The summed E-state index contributed by atoms with van der Waals surface area (Å²) in [5, 5.41) is 6.23. The molecule has 0 radical (unpaired) electrons. The first-order chi connectivity index (χ1) is 17.8. The molecular weight excluding hydrogens is 559 g/mol. The number of ether oxygens (including phenoxy) is 1. The van der Waals surface area contributed by atoms with Gasteiger partial charge < -0.3 is 4.74 Å². The van der Waals surface area contributed by atoms with E-state index < -0.39 is 27.9 Å². The summed E-state index contributed by atoms with van der Waals surface area (Å²) in [6.45, 7) is 7.82. The Bertz CT molecular complexity index is 1650. The molecule has 1 aromatic heterocycles. The summed E-state index contributed by atoms with van der Waals surface area (Å²) in [5.74, 6) is 0. The number of aromatic nitrogens is 2. The van der Waals surface area contributed by atoms with Gasteiger partial charge in [-0.1, -0.05) is 61.7 Å². The van der Waals surface area contributed by atoms with Crippen LogP contribution in [0.1, 0.15) is 0 Å². The lowest BCUT2D eigenvalue weighted by atomic mass is 10.2. The summed E-state index contributed by atoms with van der Waals surface area (Å²) >= 11 is 1.47. The van der Waals surface area contributed by atoms with Gasteiger partial charge in [-0.15, -0.1) is 0 Å². The molecule has 0 atom stereocenters. The maximum Gasteiger partial charge on any atom is 0.263 e. The second-order valence-corrected chi connectivity index (χ2v) is 20.4. The highest BCUT2D eigenvalue weighted by Crippen LogP contribution is 2.35. The van der Waals surface area contributed by atoms with Crippen molar-refractivity contribution >= 4 is 56.3 Å². The molecule has 0 saturated heterocycles. The maximum absolute atomic E-state index is 13.2. The van der Waals surface area contributed by atoms with Crippen LogP contribution in [0.15, 0.2) is 92.5 Å². The van der Waals surface area contributed by atoms with E-state index in [9.17, 15) is 16.8 Å². The molecular formula is C26H31N3O5S3Si. The van der Waals surface area contributed by atoms with Gasteiger partial charge in [0.05, 0.1) is 10.4 Å². The molecule has 0 saturated carbocycles. The number of sulfone groups is 1. The summed E-state index contributed by atoms with van der Waals surface area (Å²) in [4.78, 5) is 0.442. The predicted octanol–water partition coefficient (Wildman–Crippen LogP) is 5.70. The largest absolute Gasteiger partial charge is 0.360 e. The Morgan fingerprint density at radius 2 is 1.58 bits per heavy atom. The second kappa shape index (κ2) is 11.2. The Labute approximate surface area is 229 Å². The van der Waals surface area contributed by atoms with Gasteiger partial charge in [0.1, 0.15) is 16.7 Å². The smallest absolute Gasteiger partial charge is 0.263 e. The number of rotatable bonds is 11. The SMILES string of the molecule is C[Si](C)(C)CCOCn1nc(Sc2ccccc2)c2cc(NS(=O)(=O)c3ccccc3S(C)(=O)=O)ccc21. The molecule has 1 heterocycles. The monoisotopic (exact) mass is 589 g/mol. The Hall–Kier alpha value is -2.64. The third-order valence-electron chi connectivity index (χ3n) is 5.67. The molecule has 1 N–H and O–H groups in total. The summed E-state index contributed by atoms with van der Waals surface area (Å²) in [6.07, 6.45) is 0.987. The number of fused-ring (bicyclic) bond motifs is 1. The number of nitrogens with one attached hydrogen (secondary N) is 1. The molecule has 38 heavy (non-hydrogen) atoms. The van der Waals surface area contributed by atoms with E-state index in [1.54, 1.807) is 22.9 Å². The van der Waals surface area contributed by atoms with Crippen LogP contribution in [0.3, 0.4) is 0 Å². The van der Waals surface area contributed by atoms with E-state index in [2.05, 4.69) is 24.4 Å². The first-order valence-electron chi connectivity index (χ1n) is 12.0. The van der Waals surface area contributed by atoms with Crippen molar-refractivity contribution in [2.45, 2.75) is 52.1 Å². The van der Waals surface area contributed by atoms with Gasteiger partial charge in [0.25, 0.3) is 10.0 Å². The number of nitrogens with zero attached hydrogens (tertiary/aromatic N) is 2. The summed E-state index contributed by atoms with van der Waals surface area (Å²) in [7, 11) is -9.16. The minimum absolute atomic E-state index is 0.253. The average Bonchev–Trinajstić information content (AvgIpc) is 3.17. The van der Waals surface area contributed by atoms with Gasteiger partial charge in [0.2, 0.25) is 0 Å². The van der Waals surface area contributed by atoms with Crippen molar-refractivity contribution in [2.75, 3.05) is 17.6 Å². The Morgan fingerprint density at radius 1 is 0.921 bits per heavy atom. The van der Waals surface area contributed by atoms with Crippen molar-refractivity contribution in [1.29, 1.82) is 0 Å². The molecule has 0 unspecified atom stereocenters. The highest BCUT2D eigenvalue weighted by Gasteiger charge is 2.24. The molecule has 8 nitrogen and oxygen atoms in total. The molecule has 4 rings (SSSR count). The fraction of sp³-hybridized carbons (Fsp3) is 0.269. The summed E-state index contributed by atoms with van der Waals surface area (Å²) in [5.41, 5.74) is 1.10. The predicted molar refractivity (Wildman–Crippen MR) is 155 cm³/mol. The van der Waals surface area contributed by atoms with Gasteiger partial charge in [-0.25, -0.2) is 21.5 Å². The van der Waals surface area contributed by atoms with E-state index in [1.807, 2.05) is 30.3 Å². The van der Waals surface area contributed by atoms with Crippen LogP contribution in [0, 0.1) is 0 Å². The van der Waals surface area contributed by atoms with Crippen molar-refractivity contribution < 1.29 is 21.6 Å². The van der Waals surface area contributed by atoms with Crippen LogP contribution in [-0.2, 0) is 31.3 Å². The number of hydrogen-bond donors (Lipinski definition) is 1. The van der Waals surface area contributed by atoms with E-state index >= 15 is 0 Å². The molecule has 0 aliphatic heterocycles. The van der Waals surface area contributed by atoms with Gasteiger partial charge in [-0.2, -0.15) is 5.10 Å². The van der Waals surface area contributed by atoms with Gasteiger partial charge in [-0.05, 0) is 48.5 Å². The van der Waals surface area contributed by atoms with E-state index in [0.717, 1.165) is 28.1 Å². The topological polar surface area (TPSA) is 107 Å². The lowest BCUT2D eigenvalue weighted by Crippen LogP contribution is -2.22. The van der Waals surface area contributed by atoms with Crippen molar-refractivity contribution in [3.8, 4) is 0 Å². The number of hydrogen-bond acceptors (Lipinski definition) is 7. The van der Waals surface area contributed by atoms with Crippen molar-refractivity contribution in [3.63, 3.8) is 0 Å². The van der Waals surface area contributed by atoms with Gasteiger partial charge >= 0.3 is 0 Å². The minimum atomic E-state index is -4.18. The van der Waals surface area contributed by atoms with Crippen molar-refractivity contribution in [1.82, 2.24) is 9.78 Å². The van der Waals surface area contributed by atoms with Crippen LogP contribution in [0.2, 0.25) is 25.7 Å². The van der Waals surface area contributed by atoms with Crippen molar-refractivity contribution in [2.24, 2.45) is 0 Å². The summed E-state index contributed by atoms with van der Waals surface area (Å²) < 4.78 is 61.1. The normalized spacial score (nSPS) is 12.6. The van der Waals surface area contributed by atoms with E-state index in [0.29, 0.717) is 17.3 Å². The molecule has 0 bridgehead atoms. The standard InChI is InChI=1S/C26H31N3O5S3Si/c1-36(30,31)24-12-8-9-13-25(24)37(32,33)28-20-14-15-23-22(18-20)26(35-21-10-6-5-7-11-21)27-29(23)19-34-16-17-38(2,3)4/h5-15,18,28H,16-17,19H2,1-4H3. The van der Waals surface area contributed by atoms with Crippen LogP contribution >= 0.6 is 11.8 Å². The minimum Gasteiger partial charge on any atom is -0.360 e. The van der Waals surface area contributed by atoms with Crippen LogP contribution < -0.4 is 4.72 Å². The van der Waals surface area contributed by atoms with Crippen LogP contribution in [0.4, 0.5) is 5.69 Å². The average molecular weight is 590 g/mol. The fourth-order valence-corrected chi connectivity index (χ4v) is 8.07. The Kier molecular flexibility index (Phi) is 8.38. The third-order valence-corrected chi connectivity index (χ3v) is 11.1. The van der Waals surface area contributed by atoms with Gasteiger partial charge in [0.15, 0.2) is 9.84 Å². The van der Waals surface area contributed by atoms with E-state index in [1.165, 1.54) is 36.0 Å². The van der Waals surface area contributed by atoms with Crippen LogP contribution in [0.5, 0.6) is 0 Å². The zero-order chi connectivity index (χ0) is 27.6. The zero-order valence-electron chi connectivity index (χ0n) is 21.7. The van der Waals surface area contributed by atoms with Crippen LogP contribution in [-0.4, -0.2) is 47.6 Å². The van der Waals surface area contributed by atoms with E-state index in [-0.39, 0.29) is 16.5 Å². The quantitative estimate of drug-likeness (QED) is 0.177. The molecule has 3 aromatic carbocycles.